The van der Waals surface area contributed by atoms with Gasteiger partial charge >= 0.3 is 0 Å². The van der Waals surface area contributed by atoms with Crippen molar-refractivity contribution in [1.29, 1.82) is 0 Å². The Kier molecular flexibility index (Phi) is 3.77. The molecule has 6 heteroatoms. The van der Waals surface area contributed by atoms with Crippen molar-refractivity contribution in [3.05, 3.63) is 52.4 Å². The number of carboxylic acids is 1. The second-order valence-corrected chi connectivity index (χ2v) is 5.75. The summed E-state index contributed by atoms with van der Waals surface area (Å²) in [4.78, 5) is 28.8. The fourth-order valence-corrected chi connectivity index (χ4v) is 3.38. The van der Waals surface area contributed by atoms with E-state index in [-0.39, 0.29) is 12.0 Å². The van der Waals surface area contributed by atoms with Gasteiger partial charge in [0.05, 0.1) is 23.7 Å². The van der Waals surface area contributed by atoms with E-state index in [1.807, 2.05) is 35.7 Å². The summed E-state index contributed by atoms with van der Waals surface area (Å²) < 4.78 is 1.15. The average Bonchev–Trinajstić information content (AvgIpc) is 2.95. The van der Waals surface area contributed by atoms with Crippen LogP contribution in [0.15, 0.2) is 46.8 Å². The molecule has 0 aliphatic rings. The predicted molar refractivity (Wildman–Crippen MR) is 83.7 cm³/mol. The van der Waals surface area contributed by atoms with Gasteiger partial charge in [0.1, 0.15) is 4.83 Å². The molecule has 3 rings (SSSR count). The Bertz CT molecular complexity index is 883. The number of aromatic nitrogens is 2. The smallest absolute Gasteiger partial charge is 0.263 e. The van der Waals surface area contributed by atoms with Gasteiger partial charge in [-0.1, -0.05) is 37.3 Å². The fourth-order valence-electron chi connectivity index (χ4n) is 2.47. The van der Waals surface area contributed by atoms with Gasteiger partial charge in [-0.05, 0) is 12.0 Å². The lowest BCUT2D eigenvalue weighted by molar-refractivity contribution is -0.310. The van der Waals surface area contributed by atoms with Crippen molar-refractivity contribution in [3.63, 3.8) is 0 Å². The molecule has 0 spiro atoms. The zero-order valence-corrected chi connectivity index (χ0v) is 12.7. The van der Waals surface area contributed by atoms with Crippen molar-refractivity contribution in [2.75, 3.05) is 0 Å². The van der Waals surface area contributed by atoms with Gasteiger partial charge in [-0.2, -0.15) is 0 Å². The minimum atomic E-state index is -1.28. The maximum absolute atomic E-state index is 12.7. The predicted octanol–water partition coefficient (Wildman–Crippen LogP) is 1.83. The van der Waals surface area contributed by atoms with E-state index >= 15 is 0 Å². The number of fused-ring (bicyclic) bond motifs is 1. The van der Waals surface area contributed by atoms with E-state index in [2.05, 4.69) is 4.98 Å². The molecule has 5 nitrogen and oxygen atoms in total. The second-order valence-electron chi connectivity index (χ2n) is 4.90. The Morgan fingerprint density at radius 2 is 2.09 bits per heavy atom. The van der Waals surface area contributed by atoms with Crippen molar-refractivity contribution in [3.8, 4) is 11.1 Å². The third kappa shape index (κ3) is 2.31. The summed E-state index contributed by atoms with van der Waals surface area (Å²) in [5, 5.41) is 13.5. The van der Waals surface area contributed by atoms with Gasteiger partial charge < -0.3 is 9.90 Å². The van der Waals surface area contributed by atoms with Crippen molar-refractivity contribution in [2.45, 2.75) is 19.4 Å². The molecule has 1 atom stereocenters. The van der Waals surface area contributed by atoms with Gasteiger partial charge in [-0.3, -0.25) is 9.36 Å². The zero-order valence-electron chi connectivity index (χ0n) is 11.9. The molecule has 22 heavy (non-hydrogen) atoms. The van der Waals surface area contributed by atoms with Crippen LogP contribution in [0, 0.1) is 0 Å². The molecule has 0 amide bonds. The maximum Gasteiger partial charge on any atom is 0.263 e. The van der Waals surface area contributed by atoms with Crippen LogP contribution in [0.2, 0.25) is 0 Å². The highest BCUT2D eigenvalue weighted by molar-refractivity contribution is 7.17. The van der Waals surface area contributed by atoms with Gasteiger partial charge in [0.25, 0.3) is 5.56 Å². The van der Waals surface area contributed by atoms with E-state index in [0.717, 1.165) is 15.7 Å². The number of carboxylic acid groups (broad SMARTS) is 1. The molecule has 0 unspecified atom stereocenters. The van der Waals surface area contributed by atoms with Gasteiger partial charge in [-0.15, -0.1) is 11.3 Å². The van der Waals surface area contributed by atoms with Gasteiger partial charge in [0.15, 0.2) is 0 Å². The Balaban J connectivity index is 2.27. The molecule has 1 aromatic carbocycles. The standard InChI is InChI=1S/C16H14N2O3S/c1-2-12(16(20)21)18-9-17-14-13(15(18)19)11(8-22-14)10-6-4-3-5-7-10/h3-9,12H,2H2,1H3,(H,20,21)/p-1/t12-/m1/s1. The number of carbonyl (C=O) groups excluding carboxylic acids is 1. The number of aliphatic carboxylic acids is 1. The Morgan fingerprint density at radius 1 is 1.36 bits per heavy atom. The number of nitrogens with zero attached hydrogens (tertiary/aromatic N) is 2. The van der Waals surface area contributed by atoms with Crippen molar-refractivity contribution >= 4 is 27.5 Å². The minimum absolute atomic E-state index is 0.264. The van der Waals surface area contributed by atoms with E-state index in [0.29, 0.717) is 10.2 Å². The minimum Gasteiger partial charge on any atom is -0.548 e. The Morgan fingerprint density at radius 3 is 2.73 bits per heavy atom. The highest BCUT2D eigenvalue weighted by Crippen LogP contribution is 2.30. The van der Waals surface area contributed by atoms with Crippen LogP contribution in [0.25, 0.3) is 21.3 Å². The molecule has 0 bridgehead atoms. The molecule has 0 saturated heterocycles. The molecular weight excluding hydrogens is 300 g/mol. The van der Waals surface area contributed by atoms with E-state index in [1.54, 1.807) is 6.92 Å². The van der Waals surface area contributed by atoms with Crippen LogP contribution in [0.1, 0.15) is 19.4 Å². The first-order valence-electron chi connectivity index (χ1n) is 6.88. The monoisotopic (exact) mass is 313 g/mol. The molecule has 0 aliphatic heterocycles. The zero-order chi connectivity index (χ0) is 15.7. The van der Waals surface area contributed by atoms with Crippen molar-refractivity contribution < 1.29 is 9.90 Å². The van der Waals surface area contributed by atoms with Crippen LogP contribution in [0.4, 0.5) is 0 Å². The lowest BCUT2D eigenvalue weighted by atomic mass is 10.1. The lowest BCUT2D eigenvalue weighted by Crippen LogP contribution is -2.37. The summed E-state index contributed by atoms with van der Waals surface area (Å²) in [5.41, 5.74) is 1.34. The third-order valence-electron chi connectivity index (χ3n) is 3.60. The third-order valence-corrected chi connectivity index (χ3v) is 4.49. The SMILES string of the molecule is CC[C@H](C(=O)[O-])n1cnc2scc(-c3ccccc3)c2c1=O. The van der Waals surface area contributed by atoms with E-state index in [9.17, 15) is 14.7 Å². The summed E-state index contributed by atoms with van der Waals surface area (Å²) in [6.45, 7) is 1.70. The molecule has 2 aromatic heterocycles. The van der Waals surface area contributed by atoms with Gasteiger partial charge in [0, 0.05) is 10.9 Å². The normalized spacial score (nSPS) is 12.4. The van der Waals surface area contributed by atoms with E-state index < -0.39 is 12.0 Å². The molecule has 0 aliphatic carbocycles. The number of hydrogen-bond acceptors (Lipinski definition) is 5. The summed E-state index contributed by atoms with van der Waals surface area (Å²) in [6, 6.07) is 8.50. The fraction of sp³-hybridized carbons (Fsp3) is 0.188. The first-order valence-corrected chi connectivity index (χ1v) is 7.76. The first-order chi connectivity index (χ1) is 10.6. The van der Waals surface area contributed by atoms with Crippen LogP contribution in [-0.2, 0) is 4.79 Å². The molecule has 3 aromatic rings. The van der Waals surface area contributed by atoms with Crippen molar-refractivity contribution in [2.24, 2.45) is 0 Å². The molecule has 0 fully saturated rings. The summed E-state index contributed by atoms with van der Waals surface area (Å²) >= 11 is 1.37. The van der Waals surface area contributed by atoms with Crippen LogP contribution >= 0.6 is 11.3 Å². The second kappa shape index (κ2) is 5.73. The van der Waals surface area contributed by atoms with Crippen molar-refractivity contribution in [1.82, 2.24) is 9.55 Å². The Hall–Kier alpha value is -2.47. The summed E-state index contributed by atoms with van der Waals surface area (Å²) in [6.07, 6.45) is 1.56. The number of benzene rings is 1. The average molecular weight is 313 g/mol. The van der Waals surface area contributed by atoms with Crippen LogP contribution in [-0.4, -0.2) is 15.5 Å². The van der Waals surface area contributed by atoms with E-state index in [1.165, 1.54) is 17.7 Å². The highest BCUT2D eigenvalue weighted by atomic mass is 32.1. The first kappa shape index (κ1) is 14.5. The molecule has 112 valence electrons. The molecule has 2 heterocycles. The van der Waals surface area contributed by atoms with Crippen LogP contribution in [0.5, 0.6) is 0 Å². The van der Waals surface area contributed by atoms with Gasteiger partial charge in [0.2, 0.25) is 0 Å². The quantitative estimate of drug-likeness (QED) is 0.736. The molecular formula is C16H13N2O3S-. The lowest BCUT2D eigenvalue weighted by Gasteiger charge is -2.18. The van der Waals surface area contributed by atoms with Crippen LogP contribution < -0.4 is 10.7 Å². The highest BCUT2D eigenvalue weighted by Gasteiger charge is 2.17. The van der Waals surface area contributed by atoms with E-state index in [4.69, 9.17) is 0 Å². The summed E-state index contributed by atoms with van der Waals surface area (Å²) in [5.74, 6) is -1.28. The molecule has 0 saturated carbocycles. The maximum atomic E-state index is 12.7. The number of thiophene rings is 1. The Labute approximate surface area is 130 Å². The molecule has 0 radical (unpaired) electrons. The largest absolute Gasteiger partial charge is 0.548 e. The van der Waals surface area contributed by atoms with Gasteiger partial charge in [-0.25, -0.2) is 4.98 Å². The number of carbonyl (C=O) groups is 1. The molecule has 0 N–H and O–H groups in total. The van der Waals surface area contributed by atoms with Crippen LogP contribution in [0.3, 0.4) is 0 Å². The number of rotatable bonds is 4. The number of hydrogen-bond donors (Lipinski definition) is 0. The topological polar surface area (TPSA) is 75.0 Å². The summed E-state index contributed by atoms with van der Waals surface area (Å²) in [7, 11) is 0.